The molecule has 0 bridgehead atoms. The SMILES string of the molecule is CCCCCCCCC=CCCCCCCCC(=O)C(C[N+](C)(C)C)(OP(=O)(O)O)C(=O)CCCCCCCCCCCCCCCCC. The van der Waals surface area contributed by atoms with Crippen molar-refractivity contribution in [3.8, 4) is 0 Å². The lowest BCUT2D eigenvalue weighted by molar-refractivity contribution is -0.874. The van der Waals surface area contributed by atoms with E-state index < -0.39 is 25.0 Å². The van der Waals surface area contributed by atoms with E-state index in [9.17, 15) is 23.9 Å². The highest BCUT2D eigenvalue weighted by Crippen LogP contribution is 2.44. The molecule has 0 aromatic heterocycles. The van der Waals surface area contributed by atoms with Gasteiger partial charge in [-0.1, -0.05) is 167 Å². The Morgan fingerprint density at radius 2 is 0.816 bits per heavy atom. The van der Waals surface area contributed by atoms with Gasteiger partial charge in [-0.2, -0.15) is 0 Å². The number of ketones is 2. The molecule has 8 heteroatoms. The number of nitrogens with zero attached hydrogens (tertiary/aromatic N) is 1. The molecule has 290 valence electrons. The molecule has 7 nitrogen and oxygen atoms in total. The van der Waals surface area contributed by atoms with Crippen LogP contribution >= 0.6 is 7.82 Å². The lowest BCUT2D eigenvalue weighted by Gasteiger charge is -2.37. The highest BCUT2D eigenvalue weighted by Gasteiger charge is 2.53. The minimum absolute atomic E-state index is 0.0861. The van der Waals surface area contributed by atoms with Gasteiger partial charge in [-0.15, -0.1) is 0 Å². The van der Waals surface area contributed by atoms with Gasteiger partial charge in [-0.3, -0.25) is 14.1 Å². The molecule has 49 heavy (non-hydrogen) atoms. The summed E-state index contributed by atoms with van der Waals surface area (Å²) in [6.45, 7) is 4.41. The summed E-state index contributed by atoms with van der Waals surface area (Å²) in [5.41, 5.74) is -2.12. The van der Waals surface area contributed by atoms with E-state index >= 15 is 0 Å². The standard InChI is InChI=1S/C41H80NO6P/c1-6-8-10-12-14-16-18-20-22-24-26-28-30-32-34-36-39(43)41(38-42(3,4)5,48-49(45,46)47)40(44)37-35-33-31-29-27-25-23-21-19-17-15-13-11-9-7-2/h20,22H,6-19,21,23-38H2,1-5H3,(H-,45,46,47)/p+1. The number of unbranched alkanes of at least 4 members (excludes halogenated alkanes) is 25. The van der Waals surface area contributed by atoms with Crippen LogP contribution in [0, 0.1) is 0 Å². The van der Waals surface area contributed by atoms with Gasteiger partial charge in [0.1, 0.15) is 6.54 Å². The van der Waals surface area contributed by atoms with Crippen LogP contribution in [0.15, 0.2) is 12.2 Å². The van der Waals surface area contributed by atoms with Crippen molar-refractivity contribution >= 4 is 19.4 Å². The smallest absolute Gasteiger partial charge is 0.328 e. The maximum absolute atomic E-state index is 13.7. The van der Waals surface area contributed by atoms with Crippen LogP contribution in [0.2, 0.25) is 0 Å². The molecular formula is C41H81NO6P+. The fourth-order valence-electron chi connectivity index (χ4n) is 6.75. The van der Waals surface area contributed by atoms with Crippen LogP contribution < -0.4 is 0 Å². The first-order chi connectivity index (χ1) is 23.4. The molecule has 2 N–H and O–H groups in total. The molecule has 0 amide bonds. The Balaban J connectivity index is 4.57. The van der Waals surface area contributed by atoms with Gasteiger partial charge < -0.3 is 14.3 Å². The number of hydrogen-bond donors (Lipinski definition) is 2. The summed E-state index contributed by atoms with van der Waals surface area (Å²) in [6.07, 6.45) is 37.8. The maximum Gasteiger partial charge on any atom is 0.471 e. The van der Waals surface area contributed by atoms with Crippen molar-refractivity contribution in [3.63, 3.8) is 0 Å². The van der Waals surface area contributed by atoms with Crippen LogP contribution in [-0.4, -0.2) is 59.1 Å². The molecule has 1 unspecified atom stereocenters. The Morgan fingerprint density at radius 1 is 0.531 bits per heavy atom. The average molecular weight is 715 g/mol. The van der Waals surface area contributed by atoms with E-state index in [2.05, 4.69) is 26.0 Å². The molecule has 0 aromatic rings. The molecule has 0 aliphatic heterocycles. The van der Waals surface area contributed by atoms with Crippen molar-refractivity contribution in [2.24, 2.45) is 0 Å². The van der Waals surface area contributed by atoms with Crippen LogP contribution in [-0.2, 0) is 18.7 Å². The Kier molecular flexibility index (Phi) is 30.2. The summed E-state index contributed by atoms with van der Waals surface area (Å²) in [4.78, 5) is 47.0. The summed E-state index contributed by atoms with van der Waals surface area (Å²) in [5.74, 6) is -0.983. The minimum atomic E-state index is -5.09. The minimum Gasteiger partial charge on any atom is -0.328 e. The van der Waals surface area contributed by atoms with Crippen molar-refractivity contribution < 1.29 is 32.9 Å². The second-order valence-electron chi connectivity index (χ2n) is 15.7. The fourth-order valence-corrected chi connectivity index (χ4v) is 7.42. The van der Waals surface area contributed by atoms with Gasteiger partial charge in [0.15, 0.2) is 11.6 Å². The molecule has 0 rings (SSSR count). The van der Waals surface area contributed by atoms with Gasteiger partial charge in [0.2, 0.25) is 5.60 Å². The zero-order valence-electron chi connectivity index (χ0n) is 33.0. The highest BCUT2D eigenvalue weighted by atomic mass is 31.2. The first kappa shape index (κ1) is 48.1. The molecule has 0 heterocycles. The van der Waals surface area contributed by atoms with Gasteiger partial charge >= 0.3 is 7.82 Å². The molecule has 0 saturated heterocycles. The third-order valence-corrected chi connectivity index (χ3v) is 10.1. The molecule has 0 fully saturated rings. The number of phosphoric ester groups is 1. The van der Waals surface area contributed by atoms with E-state index in [1.807, 2.05) is 21.1 Å². The quantitative estimate of drug-likeness (QED) is 0.0218. The predicted molar refractivity (Wildman–Crippen MR) is 208 cm³/mol. The van der Waals surface area contributed by atoms with Gasteiger partial charge in [0.25, 0.3) is 0 Å². The van der Waals surface area contributed by atoms with Gasteiger partial charge in [0, 0.05) is 12.8 Å². The van der Waals surface area contributed by atoms with E-state index in [1.54, 1.807) is 0 Å². The van der Waals surface area contributed by atoms with E-state index in [4.69, 9.17) is 4.52 Å². The lowest BCUT2D eigenvalue weighted by Crippen LogP contribution is -2.59. The van der Waals surface area contributed by atoms with Crippen LogP contribution in [0.1, 0.15) is 206 Å². The van der Waals surface area contributed by atoms with Gasteiger partial charge in [-0.05, 0) is 38.5 Å². The largest absolute Gasteiger partial charge is 0.471 e. The number of allylic oxidation sites excluding steroid dienone is 2. The van der Waals surface area contributed by atoms with E-state index in [0.29, 0.717) is 12.8 Å². The third kappa shape index (κ3) is 29.4. The van der Waals surface area contributed by atoms with Gasteiger partial charge in [-0.25, -0.2) is 4.57 Å². The summed E-state index contributed by atoms with van der Waals surface area (Å²) < 4.78 is 17.5. The number of carbonyl (C=O) groups is 2. The third-order valence-electron chi connectivity index (χ3n) is 9.55. The summed E-state index contributed by atoms with van der Waals surface area (Å²) >= 11 is 0. The normalized spacial score (nSPS) is 13.7. The lowest BCUT2D eigenvalue weighted by atomic mass is 9.86. The van der Waals surface area contributed by atoms with Crippen molar-refractivity contribution in [3.05, 3.63) is 12.2 Å². The molecule has 0 aliphatic carbocycles. The number of carbonyl (C=O) groups excluding carboxylic acids is 2. The molecule has 0 saturated carbocycles. The van der Waals surface area contributed by atoms with Crippen molar-refractivity contribution in [1.29, 1.82) is 0 Å². The van der Waals surface area contributed by atoms with Crippen LogP contribution in [0.5, 0.6) is 0 Å². The maximum atomic E-state index is 13.7. The number of rotatable bonds is 37. The molecule has 0 radical (unpaired) electrons. The van der Waals surface area contributed by atoms with E-state index in [1.165, 1.54) is 109 Å². The number of Topliss-reactive ketones (excluding diaryl/α,β-unsaturated/α-hetero) is 2. The molecule has 0 spiro atoms. The monoisotopic (exact) mass is 715 g/mol. The number of likely N-dealkylation sites (N-methyl/N-ethyl adjacent to an activating group) is 1. The van der Waals surface area contributed by atoms with E-state index in [-0.39, 0.29) is 23.9 Å². The van der Waals surface area contributed by atoms with Crippen LogP contribution in [0.25, 0.3) is 0 Å². The molecule has 0 aromatic carbocycles. The predicted octanol–water partition coefficient (Wildman–Crippen LogP) is 12.0. The zero-order chi connectivity index (χ0) is 36.7. The van der Waals surface area contributed by atoms with Crippen molar-refractivity contribution in [2.75, 3.05) is 27.7 Å². The summed E-state index contributed by atoms with van der Waals surface area (Å²) in [5, 5.41) is 0. The van der Waals surface area contributed by atoms with Gasteiger partial charge in [0.05, 0.1) is 21.1 Å². The summed E-state index contributed by atoms with van der Waals surface area (Å²) in [6, 6.07) is 0. The second-order valence-corrected chi connectivity index (χ2v) is 16.9. The van der Waals surface area contributed by atoms with Crippen LogP contribution in [0.4, 0.5) is 0 Å². The number of quaternary nitrogens is 1. The Labute approximate surface area is 303 Å². The van der Waals surface area contributed by atoms with E-state index in [0.717, 1.165) is 57.8 Å². The molecule has 0 aliphatic rings. The number of phosphoric acid groups is 1. The Hall–Kier alpha value is -0.850. The topological polar surface area (TPSA) is 101 Å². The average Bonchev–Trinajstić information content (AvgIpc) is 3.02. The molecule has 1 atom stereocenters. The highest BCUT2D eigenvalue weighted by molar-refractivity contribution is 7.46. The first-order valence-electron chi connectivity index (χ1n) is 20.7. The Bertz CT molecular complexity index is 880. The second kappa shape index (κ2) is 30.7. The van der Waals surface area contributed by atoms with Crippen molar-refractivity contribution in [1.82, 2.24) is 0 Å². The first-order valence-corrected chi connectivity index (χ1v) is 22.2. The fraction of sp³-hybridized carbons (Fsp3) is 0.902. The van der Waals surface area contributed by atoms with Crippen molar-refractivity contribution in [2.45, 2.75) is 212 Å². The molecular weight excluding hydrogens is 633 g/mol. The number of hydrogen-bond acceptors (Lipinski definition) is 4. The Morgan fingerprint density at radius 3 is 1.10 bits per heavy atom. The summed E-state index contributed by atoms with van der Waals surface area (Å²) in [7, 11) is 0.352. The zero-order valence-corrected chi connectivity index (χ0v) is 33.9. The van der Waals surface area contributed by atoms with Crippen LogP contribution in [0.3, 0.4) is 0 Å².